The molecule has 0 saturated heterocycles. The number of carbonyl (C=O) groups excluding carboxylic acids is 1. The molecule has 1 amide bonds. The lowest BCUT2D eigenvalue weighted by Crippen LogP contribution is -2.34. The Morgan fingerprint density at radius 2 is 1.62 bits per heavy atom. The number of nitrogens with zero attached hydrogens (tertiary/aromatic N) is 3. The number of para-hydroxylation sites is 1. The van der Waals surface area contributed by atoms with Gasteiger partial charge in [-0.3, -0.25) is 9.35 Å². The average Bonchev–Trinajstić information content (AvgIpc) is 3.51. The molecule has 3 aliphatic rings. The molecule has 3 aromatic rings. The maximum atomic E-state index is 14.3. The minimum atomic E-state index is -4.94. The summed E-state index contributed by atoms with van der Waals surface area (Å²) in [4.78, 5) is 15.3. The lowest BCUT2D eigenvalue weighted by atomic mass is 9.68. The number of hydrazone groups is 1. The largest absolute Gasteiger partial charge is 0.491 e. The third-order valence-electron chi connectivity index (χ3n) is 9.05. The van der Waals surface area contributed by atoms with Crippen molar-refractivity contribution in [3.05, 3.63) is 107 Å². The fourth-order valence-corrected chi connectivity index (χ4v) is 7.41. The number of ether oxygens (including phenoxy) is 1. The van der Waals surface area contributed by atoms with Crippen molar-refractivity contribution >= 4 is 33.1 Å². The average molecular weight is 680 g/mol. The molecule has 0 radical (unpaired) electrons. The lowest BCUT2D eigenvalue weighted by Gasteiger charge is -2.37. The highest BCUT2D eigenvalue weighted by molar-refractivity contribution is 7.85. The summed E-state index contributed by atoms with van der Waals surface area (Å²) < 4.78 is 81.0. The van der Waals surface area contributed by atoms with E-state index in [1.54, 1.807) is 6.08 Å². The monoisotopic (exact) mass is 679 g/mol. The van der Waals surface area contributed by atoms with Crippen LogP contribution in [-0.4, -0.2) is 43.4 Å². The van der Waals surface area contributed by atoms with E-state index < -0.39 is 43.8 Å². The Kier molecular flexibility index (Phi) is 8.99. The first kappa shape index (κ1) is 33.5. The minimum Gasteiger partial charge on any atom is -0.491 e. The second-order valence-electron chi connectivity index (χ2n) is 12.5. The number of carbonyl (C=O) groups is 1. The van der Waals surface area contributed by atoms with Crippen LogP contribution in [0.1, 0.15) is 57.1 Å². The van der Waals surface area contributed by atoms with Crippen molar-refractivity contribution < 1.29 is 35.7 Å². The van der Waals surface area contributed by atoms with Gasteiger partial charge in [0.2, 0.25) is 0 Å². The number of anilines is 2. The number of halogens is 3. The summed E-state index contributed by atoms with van der Waals surface area (Å²) in [5, 5.41) is 4.24. The van der Waals surface area contributed by atoms with Crippen LogP contribution in [0.2, 0.25) is 0 Å². The zero-order valence-corrected chi connectivity index (χ0v) is 27.4. The SMILES string of the molecule is CC(C)Oc1ccc(CCN2/C(=C/C=C3\C(=O)N(c4ccc(S(=O)(=O)O)cc4)N=C3C(F)(F)F)C3(CCCCC3)c3ccccc32)cc1. The molecule has 12 heteroatoms. The molecule has 1 fully saturated rings. The zero-order chi connectivity index (χ0) is 34.3. The van der Waals surface area contributed by atoms with Gasteiger partial charge in [-0.05, 0) is 98.9 Å². The smallest absolute Gasteiger partial charge is 0.435 e. The van der Waals surface area contributed by atoms with Crippen LogP contribution in [0, 0.1) is 0 Å². The van der Waals surface area contributed by atoms with Crippen LogP contribution in [-0.2, 0) is 26.7 Å². The van der Waals surface area contributed by atoms with E-state index in [1.165, 1.54) is 6.08 Å². The molecule has 3 aromatic carbocycles. The number of amides is 1. The quantitative estimate of drug-likeness (QED) is 0.193. The molecular formula is C36H36F3N3O5S. The molecule has 0 bridgehead atoms. The minimum absolute atomic E-state index is 0.0535. The molecule has 0 aromatic heterocycles. The lowest BCUT2D eigenvalue weighted by molar-refractivity contribution is -0.114. The van der Waals surface area contributed by atoms with E-state index in [-0.39, 0.29) is 11.8 Å². The second kappa shape index (κ2) is 12.9. The maximum Gasteiger partial charge on any atom is 0.435 e. The van der Waals surface area contributed by atoms with Crippen molar-refractivity contribution in [1.29, 1.82) is 0 Å². The van der Waals surface area contributed by atoms with Crippen LogP contribution in [0.4, 0.5) is 24.5 Å². The van der Waals surface area contributed by atoms with E-state index >= 15 is 0 Å². The van der Waals surface area contributed by atoms with Gasteiger partial charge < -0.3 is 9.64 Å². The molecule has 0 unspecified atom stereocenters. The third kappa shape index (κ3) is 6.51. The summed E-state index contributed by atoms with van der Waals surface area (Å²) in [6.45, 7) is 4.50. The van der Waals surface area contributed by atoms with Crippen molar-refractivity contribution in [2.75, 3.05) is 16.5 Å². The van der Waals surface area contributed by atoms with Gasteiger partial charge in [-0.1, -0.05) is 49.6 Å². The van der Waals surface area contributed by atoms with Gasteiger partial charge in [0.15, 0.2) is 5.71 Å². The van der Waals surface area contributed by atoms with Gasteiger partial charge in [0.05, 0.1) is 22.3 Å². The van der Waals surface area contributed by atoms with Crippen molar-refractivity contribution in [3.63, 3.8) is 0 Å². The fraction of sp³-hybridized carbons (Fsp3) is 0.333. The van der Waals surface area contributed by atoms with Crippen LogP contribution >= 0.6 is 0 Å². The topological polar surface area (TPSA) is 99.5 Å². The Labute approximate surface area is 278 Å². The fourth-order valence-electron chi connectivity index (χ4n) is 6.93. The second-order valence-corrected chi connectivity index (χ2v) is 14.0. The predicted molar refractivity (Wildman–Crippen MR) is 178 cm³/mol. The Bertz CT molecular complexity index is 1890. The molecule has 1 spiro atoms. The van der Waals surface area contributed by atoms with E-state index in [0.717, 1.165) is 84.6 Å². The Hall–Kier alpha value is -4.42. The summed E-state index contributed by atoms with van der Waals surface area (Å²) in [5.41, 5.74) is 1.63. The van der Waals surface area contributed by atoms with Gasteiger partial charge in [0.25, 0.3) is 16.0 Å². The van der Waals surface area contributed by atoms with Gasteiger partial charge in [-0.15, -0.1) is 0 Å². The van der Waals surface area contributed by atoms with E-state index in [2.05, 4.69) is 16.1 Å². The Morgan fingerprint density at radius 3 is 2.25 bits per heavy atom. The van der Waals surface area contributed by atoms with E-state index in [9.17, 15) is 30.9 Å². The number of hydrogen-bond acceptors (Lipinski definition) is 6. The summed E-state index contributed by atoms with van der Waals surface area (Å²) in [6, 6.07) is 20.2. The standard InChI is InChI=1S/C36H36F3N3O5S/c1-24(2)47-27-14-10-25(11-15-27)20-23-41-31-9-5-4-8-30(31)35(21-6-3-7-22-35)32(41)19-18-29-33(36(37,38)39)40-42(34(29)43)26-12-16-28(17-13-26)48(44,45)46/h4-5,8-19,24H,3,6-7,20-23H2,1-2H3,(H,44,45,46)/b29-18-,32-19+. The van der Waals surface area contributed by atoms with Crippen molar-refractivity contribution in [1.82, 2.24) is 0 Å². The number of fused-ring (bicyclic) bond motifs is 2. The van der Waals surface area contributed by atoms with E-state index in [1.807, 2.05) is 56.3 Å². The highest BCUT2D eigenvalue weighted by Gasteiger charge is 2.49. The normalized spacial score (nSPS) is 19.5. The van der Waals surface area contributed by atoms with E-state index in [4.69, 9.17) is 4.74 Å². The molecule has 2 heterocycles. The van der Waals surface area contributed by atoms with Crippen LogP contribution in [0.5, 0.6) is 5.75 Å². The molecule has 1 saturated carbocycles. The van der Waals surface area contributed by atoms with E-state index in [0.29, 0.717) is 18.0 Å². The number of rotatable bonds is 8. The molecule has 2 aliphatic heterocycles. The Balaban J connectivity index is 1.38. The number of allylic oxidation sites excluding steroid dienone is 3. The summed E-state index contributed by atoms with van der Waals surface area (Å²) >= 11 is 0. The molecule has 48 heavy (non-hydrogen) atoms. The first-order valence-corrected chi connectivity index (χ1v) is 17.4. The molecule has 0 atom stereocenters. The molecule has 1 aliphatic carbocycles. The predicted octanol–water partition coefficient (Wildman–Crippen LogP) is 7.76. The van der Waals surface area contributed by atoms with Gasteiger partial charge in [0, 0.05) is 23.3 Å². The molecule has 1 N–H and O–H groups in total. The van der Waals surface area contributed by atoms with Gasteiger partial charge in [0.1, 0.15) is 5.75 Å². The molecule has 8 nitrogen and oxygen atoms in total. The summed E-state index contributed by atoms with van der Waals surface area (Å²) in [7, 11) is -4.54. The number of alkyl halides is 3. The molecular weight excluding hydrogens is 643 g/mol. The number of benzene rings is 3. The Morgan fingerprint density at radius 1 is 0.958 bits per heavy atom. The first-order valence-electron chi connectivity index (χ1n) is 15.9. The van der Waals surface area contributed by atoms with Crippen LogP contribution in [0.15, 0.2) is 106 Å². The summed E-state index contributed by atoms with van der Waals surface area (Å²) in [5.74, 6) is -0.220. The van der Waals surface area contributed by atoms with Gasteiger partial charge in [-0.25, -0.2) is 0 Å². The molecule has 252 valence electrons. The van der Waals surface area contributed by atoms with Crippen molar-refractivity contribution in [2.45, 2.75) is 75.0 Å². The van der Waals surface area contributed by atoms with Crippen LogP contribution in [0.3, 0.4) is 0 Å². The summed E-state index contributed by atoms with van der Waals surface area (Å²) in [6.07, 6.45) is 3.33. The molecule has 6 rings (SSSR count). The van der Waals surface area contributed by atoms with Crippen LogP contribution < -0.4 is 14.6 Å². The van der Waals surface area contributed by atoms with Crippen molar-refractivity contribution in [3.8, 4) is 5.75 Å². The highest BCUT2D eigenvalue weighted by Crippen LogP contribution is 2.55. The number of hydrogen-bond donors (Lipinski definition) is 1. The zero-order valence-electron chi connectivity index (χ0n) is 26.6. The van der Waals surface area contributed by atoms with Crippen LogP contribution in [0.25, 0.3) is 0 Å². The van der Waals surface area contributed by atoms with Gasteiger partial charge in [-0.2, -0.15) is 31.7 Å². The third-order valence-corrected chi connectivity index (χ3v) is 9.92. The van der Waals surface area contributed by atoms with Gasteiger partial charge >= 0.3 is 6.18 Å². The van der Waals surface area contributed by atoms with Crippen molar-refractivity contribution in [2.24, 2.45) is 5.10 Å². The first-order chi connectivity index (χ1) is 22.8. The maximum absolute atomic E-state index is 14.3. The highest BCUT2D eigenvalue weighted by atomic mass is 32.2.